The number of aromatic nitrogens is 5. The molecule has 2 aromatic carbocycles. The molecule has 5 aromatic rings. The van der Waals surface area contributed by atoms with Crippen molar-refractivity contribution in [2.45, 2.75) is 36.2 Å². The summed E-state index contributed by atoms with van der Waals surface area (Å²) in [5, 5.41) is 15.3. The number of fused-ring (bicyclic) bond motifs is 1. The maximum absolute atomic E-state index is 5.99. The maximum Gasteiger partial charge on any atom is 0.192 e. The predicted octanol–water partition coefficient (Wildman–Crippen LogP) is 6.75. The minimum absolute atomic E-state index is 0.493. The molecular weight excluding hydrogens is 458 g/mol. The van der Waals surface area contributed by atoms with Gasteiger partial charge in [-0.15, -0.1) is 21.5 Å². The summed E-state index contributed by atoms with van der Waals surface area (Å²) in [4.78, 5) is 8.20. The number of H-pyrrole nitrogens is 1. The first-order valence-electron chi connectivity index (χ1n) is 10.6. The molecule has 1 aliphatic carbocycles. The summed E-state index contributed by atoms with van der Waals surface area (Å²) in [5.41, 5.74) is 4.55. The summed E-state index contributed by atoms with van der Waals surface area (Å²) in [6.45, 7) is 0. The highest BCUT2D eigenvalue weighted by atomic mass is 35.5. The fraction of sp³-hybridized carbons (Fsp3) is 0.208. The summed E-state index contributed by atoms with van der Waals surface area (Å²) < 4.78 is 2.32. The number of thiazole rings is 1. The number of hydrogen-bond donors (Lipinski definition) is 1. The molecular formula is C24H20ClN5S2. The first-order chi connectivity index (χ1) is 15.7. The van der Waals surface area contributed by atoms with Crippen molar-refractivity contribution >= 4 is 45.6 Å². The van der Waals surface area contributed by atoms with Crippen molar-refractivity contribution in [2.24, 2.45) is 0 Å². The molecule has 0 unspecified atom stereocenters. The Bertz CT molecular complexity index is 1380. The highest BCUT2D eigenvalue weighted by molar-refractivity contribution is 7.98. The lowest BCUT2D eigenvalue weighted by molar-refractivity contribution is 0.669. The fourth-order valence-electron chi connectivity index (χ4n) is 3.89. The monoisotopic (exact) mass is 477 g/mol. The number of nitrogens with zero attached hydrogens (tertiary/aromatic N) is 4. The number of para-hydroxylation sites is 1. The first kappa shape index (κ1) is 20.0. The van der Waals surface area contributed by atoms with E-state index in [2.05, 4.69) is 55.5 Å². The molecule has 3 aromatic heterocycles. The van der Waals surface area contributed by atoms with E-state index < -0.39 is 0 Å². The zero-order valence-corrected chi connectivity index (χ0v) is 19.6. The molecule has 0 amide bonds. The number of thioether (sulfide) groups is 1. The van der Waals surface area contributed by atoms with E-state index in [1.165, 1.54) is 23.8 Å². The molecule has 0 bridgehead atoms. The van der Waals surface area contributed by atoms with Gasteiger partial charge in [0.05, 0.1) is 10.7 Å². The van der Waals surface area contributed by atoms with Crippen molar-refractivity contribution in [3.63, 3.8) is 0 Å². The van der Waals surface area contributed by atoms with Crippen LogP contribution in [0.5, 0.6) is 0 Å². The molecule has 6 rings (SSSR count). The molecule has 3 heterocycles. The van der Waals surface area contributed by atoms with E-state index in [4.69, 9.17) is 16.6 Å². The van der Waals surface area contributed by atoms with Gasteiger partial charge in [0.25, 0.3) is 0 Å². The molecule has 0 spiro atoms. The van der Waals surface area contributed by atoms with E-state index in [1.807, 2.05) is 24.4 Å². The third-order valence-electron chi connectivity index (χ3n) is 5.62. The number of aromatic amines is 1. The largest absolute Gasteiger partial charge is 0.360 e. The maximum atomic E-state index is 5.99. The van der Waals surface area contributed by atoms with Gasteiger partial charge in [-0.2, -0.15) is 0 Å². The van der Waals surface area contributed by atoms with Gasteiger partial charge < -0.3 is 4.98 Å². The van der Waals surface area contributed by atoms with Gasteiger partial charge in [-0.1, -0.05) is 53.7 Å². The van der Waals surface area contributed by atoms with Crippen LogP contribution < -0.4 is 0 Å². The van der Waals surface area contributed by atoms with Crippen LogP contribution in [0.4, 0.5) is 0 Å². The molecule has 5 nitrogen and oxygen atoms in total. The Morgan fingerprint density at radius 1 is 1.09 bits per heavy atom. The van der Waals surface area contributed by atoms with Gasteiger partial charge in [0, 0.05) is 51.3 Å². The Kier molecular flexibility index (Phi) is 5.25. The molecule has 1 N–H and O–H groups in total. The quantitative estimate of drug-likeness (QED) is 0.263. The number of halogens is 1. The van der Waals surface area contributed by atoms with Gasteiger partial charge in [0.15, 0.2) is 11.0 Å². The number of rotatable bonds is 7. The second-order valence-electron chi connectivity index (χ2n) is 7.98. The average molecular weight is 478 g/mol. The third kappa shape index (κ3) is 3.96. The average Bonchev–Trinajstić information content (AvgIpc) is 3.21. The Balaban J connectivity index is 1.21. The van der Waals surface area contributed by atoms with Gasteiger partial charge in [0.2, 0.25) is 0 Å². The van der Waals surface area contributed by atoms with Gasteiger partial charge >= 0.3 is 0 Å². The zero-order chi connectivity index (χ0) is 21.5. The van der Waals surface area contributed by atoms with E-state index in [1.54, 1.807) is 23.1 Å². The lowest BCUT2D eigenvalue weighted by Gasteiger charge is -2.07. The zero-order valence-electron chi connectivity index (χ0n) is 17.2. The number of hydrogen-bond acceptors (Lipinski definition) is 5. The number of benzene rings is 2. The van der Waals surface area contributed by atoms with Gasteiger partial charge in [-0.25, -0.2) is 4.98 Å². The van der Waals surface area contributed by atoms with Crippen LogP contribution in [0.2, 0.25) is 5.02 Å². The van der Waals surface area contributed by atoms with Crippen LogP contribution >= 0.6 is 34.7 Å². The van der Waals surface area contributed by atoms with Crippen LogP contribution in [0.3, 0.4) is 0 Å². The molecule has 8 heteroatoms. The first-order valence-corrected chi connectivity index (χ1v) is 12.8. The molecule has 0 radical (unpaired) electrons. The third-order valence-corrected chi connectivity index (χ3v) is 7.75. The van der Waals surface area contributed by atoms with E-state index in [-0.39, 0.29) is 0 Å². The van der Waals surface area contributed by atoms with Gasteiger partial charge in [-0.05, 0) is 36.6 Å². The van der Waals surface area contributed by atoms with Crippen molar-refractivity contribution in [2.75, 3.05) is 0 Å². The fourth-order valence-corrected chi connectivity index (χ4v) is 5.85. The van der Waals surface area contributed by atoms with Crippen LogP contribution in [-0.2, 0) is 12.2 Å². The Labute approximate surface area is 198 Å². The standard InChI is InChI=1S/C24H20ClN5S2/c25-16-7-5-15(6-8-16)11-22-27-17(13-31-22)14-32-24-29-28-23(30(24)18-9-10-18)20-12-26-21-4-2-1-3-19(20)21/h1-8,12-13,18,26H,9-11,14H2. The van der Waals surface area contributed by atoms with Crippen LogP contribution in [-0.4, -0.2) is 24.7 Å². The Morgan fingerprint density at radius 3 is 2.78 bits per heavy atom. The summed E-state index contributed by atoms with van der Waals surface area (Å²) in [5.74, 6) is 1.74. The SMILES string of the molecule is Clc1ccc(Cc2nc(CSc3nnc(-c4c[nH]c5ccccc45)n3C3CC3)cs2)cc1. The van der Waals surface area contributed by atoms with E-state index >= 15 is 0 Å². The normalized spacial score (nSPS) is 13.8. The van der Waals surface area contributed by atoms with Crippen molar-refractivity contribution in [3.8, 4) is 11.4 Å². The smallest absolute Gasteiger partial charge is 0.192 e. The minimum Gasteiger partial charge on any atom is -0.360 e. The second-order valence-corrected chi connectivity index (χ2v) is 10.3. The molecule has 1 aliphatic rings. The van der Waals surface area contributed by atoms with Crippen LogP contribution in [0.15, 0.2) is 65.3 Å². The Morgan fingerprint density at radius 2 is 1.94 bits per heavy atom. The molecule has 160 valence electrons. The summed E-state index contributed by atoms with van der Waals surface area (Å²) in [6.07, 6.45) is 5.24. The summed E-state index contributed by atoms with van der Waals surface area (Å²) in [6, 6.07) is 16.8. The molecule has 0 atom stereocenters. The van der Waals surface area contributed by atoms with Crippen molar-refractivity contribution in [1.29, 1.82) is 0 Å². The van der Waals surface area contributed by atoms with Gasteiger partial charge in [0.1, 0.15) is 0 Å². The molecule has 32 heavy (non-hydrogen) atoms. The van der Waals surface area contributed by atoms with Crippen molar-refractivity contribution in [3.05, 3.63) is 81.4 Å². The highest BCUT2D eigenvalue weighted by Gasteiger charge is 2.31. The highest BCUT2D eigenvalue weighted by Crippen LogP contribution is 2.42. The molecule has 0 aliphatic heterocycles. The minimum atomic E-state index is 0.493. The lowest BCUT2D eigenvalue weighted by Crippen LogP contribution is -1.99. The van der Waals surface area contributed by atoms with Crippen LogP contribution in [0, 0.1) is 0 Å². The Hall–Kier alpha value is -2.61. The topological polar surface area (TPSA) is 59.4 Å². The van der Waals surface area contributed by atoms with Crippen LogP contribution in [0.25, 0.3) is 22.3 Å². The molecule has 0 saturated heterocycles. The number of nitrogens with one attached hydrogen (secondary N) is 1. The van der Waals surface area contributed by atoms with Crippen molar-refractivity contribution in [1.82, 2.24) is 24.7 Å². The summed E-state index contributed by atoms with van der Waals surface area (Å²) in [7, 11) is 0. The lowest BCUT2D eigenvalue weighted by atomic mass is 10.1. The van der Waals surface area contributed by atoms with E-state index in [0.29, 0.717) is 6.04 Å². The van der Waals surface area contributed by atoms with Gasteiger partial charge in [-0.3, -0.25) is 4.57 Å². The summed E-state index contributed by atoms with van der Waals surface area (Å²) >= 11 is 9.42. The molecule has 1 fully saturated rings. The van der Waals surface area contributed by atoms with E-state index in [9.17, 15) is 0 Å². The predicted molar refractivity (Wildman–Crippen MR) is 132 cm³/mol. The van der Waals surface area contributed by atoms with E-state index in [0.717, 1.165) is 50.0 Å². The van der Waals surface area contributed by atoms with Crippen molar-refractivity contribution < 1.29 is 0 Å². The van der Waals surface area contributed by atoms with Crippen LogP contribution in [0.1, 0.15) is 35.1 Å². The second kappa shape index (κ2) is 8.39. The molecule has 1 saturated carbocycles.